The van der Waals surface area contributed by atoms with Crippen LogP contribution in [0.15, 0.2) is 24.3 Å². The number of nitro groups is 1. The Labute approximate surface area is 124 Å². The molecule has 22 heavy (non-hydrogen) atoms. The number of esters is 2. The van der Waals surface area contributed by atoms with Gasteiger partial charge in [0, 0.05) is 19.1 Å². The Bertz CT molecular complexity index is 570. The van der Waals surface area contributed by atoms with E-state index in [4.69, 9.17) is 18.9 Å². The number of benzene rings is 1. The van der Waals surface area contributed by atoms with Crippen molar-refractivity contribution in [1.82, 2.24) is 0 Å². The number of nitro benzene ring substituents is 1. The summed E-state index contributed by atoms with van der Waals surface area (Å²) in [6, 6.07) is 4.99. The fraction of sp³-hybridized carbons (Fsp3) is 0.385. The average molecular weight is 311 g/mol. The first-order valence-electron chi connectivity index (χ1n) is 6.31. The van der Waals surface area contributed by atoms with Gasteiger partial charge in [0.2, 0.25) is 6.29 Å². The number of carbonyl (C=O) groups excluding carboxylic acids is 2. The number of hydrogen-bond donors (Lipinski definition) is 0. The molecule has 1 aliphatic rings. The highest BCUT2D eigenvalue weighted by molar-refractivity contribution is 5.89. The Hall–Kier alpha value is -2.52. The summed E-state index contributed by atoms with van der Waals surface area (Å²) in [6.07, 6.45) is -1.65. The monoisotopic (exact) mass is 311 g/mol. The number of carbonyl (C=O) groups is 2. The highest BCUT2D eigenvalue weighted by Crippen LogP contribution is 2.15. The maximum Gasteiger partial charge on any atom is 0.338 e. The van der Waals surface area contributed by atoms with E-state index in [0.717, 1.165) is 0 Å². The minimum atomic E-state index is -0.827. The maximum absolute atomic E-state index is 11.8. The van der Waals surface area contributed by atoms with E-state index in [1.54, 1.807) is 0 Å². The van der Waals surface area contributed by atoms with E-state index >= 15 is 0 Å². The zero-order chi connectivity index (χ0) is 16.1. The van der Waals surface area contributed by atoms with Crippen LogP contribution in [0.1, 0.15) is 17.3 Å². The van der Waals surface area contributed by atoms with Crippen LogP contribution >= 0.6 is 0 Å². The summed E-state index contributed by atoms with van der Waals surface area (Å²) in [5, 5.41) is 10.5. The van der Waals surface area contributed by atoms with Gasteiger partial charge in [0.05, 0.1) is 10.5 Å². The quantitative estimate of drug-likeness (QED) is 0.449. The second-order valence-electron chi connectivity index (χ2n) is 4.34. The van der Waals surface area contributed by atoms with Gasteiger partial charge in [-0.05, 0) is 12.1 Å². The molecule has 0 aromatic heterocycles. The first-order valence-corrected chi connectivity index (χ1v) is 6.31. The molecule has 2 unspecified atom stereocenters. The van der Waals surface area contributed by atoms with Crippen molar-refractivity contribution >= 4 is 17.6 Å². The van der Waals surface area contributed by atoms with E-state index in [9.17, 15) is 19.7 Å². The molecule has 9 nitrogen and oxygen atoms in total. The highest BCUT2D eigenvalue weighted by atomic mass is 16.8. The average Bonchev–Trinajstić information content (AvgIpc) is 2.91. The summed E-state index contributed by atoms with van der Waals surface area (Å²) in [5.41, 5.74) is 0.0448. The molecule has 0 radical (unpaired) electrons. The van der Waals surface area contributed by atoms with Crippen molar-refractivity contribution in [3.63, 3.8) is 0 Å². The first kappa shape index (κ1) is 15.9. The summed E-state index contributed by atoms with van der Waals surface area (Å²) in [7, 11) is 0. The number of hydrogen-bond acceptors (Lipinski definition) is 8. The van der Waals surface area contributed by atoms with Gasteiger partial charge >= 0.3 is 11.9 Å². The van der Waals surface area contributed by atoms with Crippen molar-refractivity contribution in [2.75, 3.05) is 13.2 Å². The van der Waals surface area contributed by atoms with Crippen LogP contribution in [0, 0.1) is 10.1 Å². The van der Waals surface area contributed by atoms with Gasteiger partial charge in [-0.2, -0.15) is 0 Å². The van der Waals surface area contributed by atoms with E-state index in [1.165, 1.54) is 31.2 Å². The lowest BCUT2D eigenvalue weighted by Crippen LogP contribution is -2.22. The van der Waals surface area contributed by atoms with Gasteiger partial charge in [-0.25, -0.2) is 4.79 Å². The molecule has 2 atom stereocenters. The van der Waals surface area contributed by atoms with Crippen molar-refractivity contribution < 1.29 is 33.5 Å². The fourth-order valence-electron chi connectivity index (χ4n) is 1.71. The predicted molar refractivity (Wildman–Crippen MR) is 69.8 cm³/mol. The van der Waals surface area contributed by atoms with Crippen molar-refractivity contribution in [2.45, 2.75) is 19.5 Å². The molecule has 0 aliphatic carbocycles. The van der Waals surface area contributed by atoms with Gasteiger partial charge < -0.3 is 18.9 Å². The molecular weight excluding hydrogens is 298 g/mol. The minimum Gasteiger partial charge on any atom is -0.457 e. The van der Waals surface area contributed by atoms with Crippen LogP contribution in [0.4, 0.5) is 5.69 Å². The summed E-state index contributed by atoms with van der Waals surface area (Å²) in [6.45, 7) is 1.11. The van der Waals surface area contributed by atoms with Crippen molar-refractivity contribution in [2.24, 2.45) is 0 Å². The maximum atomic E-state index is 11.8. The molecule has 1 aromatic rings. The molecule has 9 heteroatoms. The van der Waals surface area contributed by atoms with E-state index in [-0.39, 0.29) is 24.5 Å². The molecule has 0 spiro atoms. The molecule has 1 fully saturated rings. The van der Waals surface area contributed by atoms with Crippen LogP contribution in [0.5, 0.6) is 0 Å². The van der Waals surface area contributed by atoms with Crippen molar-refractivity contribution in [1.29, 1.82) is 0 Å². The second kappa shape index (κ2) is 6.96. The molecule has 1 saturated heterocycles. The van der Waals surface area contributed by atoms with E-state index in [2.05, 4.69) is 0 Å². The minimum absolute atomic E-state index is 0.0549. The number of nitrogens with zero attached hydrogens (tertiary/aromatic N) is 1. The molecule has 1 aliphatic heterocycles. The molecule has 0 amide bonds. The Morgan fingerprint density at radius 2 is 2.05 bits per heavy atom. The largest absolute Gasteiger partial charge is 0.457 e. The molecule has 1 aromatic carbocycles. The van der Waals surface area contributed by atoms with Crippen molar-refractivity contribution in [3.8, 4) is 0 Å². The molecular formula is C13H13NO8. The zero-order valence-electron chi connectivity index (χ0n) is 11.6. The standard InChI is InChI=1S/C13H13NO8/c1-8(15)21-12-7-19-11(22-12)6-20-13(16)9-2-4-10(5-3-9)14(17)18/h2-5,11-12H,6-7H2,1H3. The van der Waals surface area contributed by atoms with E-state index in [0.29, 0.717) is 0 Å². The molecule has 2 rings (SSSR count). The smallest absolute Gasteiger partial charge is 0.338 e. The number of non-ortho nitro benzene ring substituents is 1. The van der Waals surface area contributed by atoms with Gasteiger partial charge in [0.1, 0.15) is 13.2 Å². The van der Waals surface area contributed by atoms with Gasteiger partial charge in [0.25, 0.3) is 5.69 Å². The third-order valence-electron chi connectivity index (χ3n) is 2.68. The van der Waals surface area contributed by atoms with Crippen LogP contribution in [0.25, 0.3) is 0 Å². The van der Waals surface area contributed by atoms with Gasteiger partial charge in [-0.15, -0.1) is 0 Å². The van der Waals surface area contributed by atoms with Crippen LogP contribution in [-0.4, -0.2) is 42.7 Å². The highest BCUT2D eigenvalue weighted by Gasteiger charge is 2.29. The summed E-state index contributed by atoms with van der Waals surface area (Å²) in [4.78, 5) is 32.4. The number of ether oxygens (including phenoxy) is 4. The molecule has 0 bridgehead atoms. The lowest BCUT2D eigenvalue weighted by molar-refractivity contribution is -0.384. The molecule has 1 heterocycles. The van der Waals surface area contributed by atoms with E-state index in [1.807, 2.05) is 0 Å². The molecule has 0 saturated carbocycles. The first-order chi connectivity index (χ1) is 10.5. The van der Waals surface area contributed by atoms with Crippen LogP contribution < -0.4 is 0 Å². The van der Waals surface area contributed by atoms with Gasteiger partial charge in [0.15, 0.2) is 6.29 Å². The van der Waals surface area contributed by atoms with Crippen molar-refractivity contribution in [3.05, 3.63) is 39.9 Å². The normalized spacial score (nSPS) is 20.4. The van der Waals surface area contributed by atoms with Crippen LogP contribution in [-0.2, 0) is 23.7 Å². The Balaban J connectivity index is 1.80. The van der Waals surface area contributed by atoms with Crippen LogP contribution in [0.3, 0.4) is 0 Å². The summed E-state index contributed by atoms with van der Waals surface area (Å²) >= 11 is 0. The Morgan fingerprint density at radius 1 is 1.36 bits per heavy atom. The third-order valence-corrected chi connectivity index (χ3v) is 2.68. The van der Waals surface area contributed by atoms with Crippen LogP contribution in [0.2, 0.25) is 0 Å². The number of rotatable bonds is 5. The molecule has 118 valence electrons. The van der Waals surface area contributed by atoms with E-state index < -0.39 is 29.4 Å². The predicted octanol–water partition coefficient (Wildman–Crippen LogP) is 1.01. The van der Waals surface area contributed by atoms with Gasteiger partial charge in [-0.3, -0.25) is 14.9 Å². The second-order valence-corrected chi connectivity index (χ2v) is 4.34. The molecule has 0 N–H and O–H groups in total. The fourth-order valence-corrected chi connectivity index (χ4v) is 1.71. The zero-order valence-corrected chi connectivity index (χ0v) is 11.6. The Kier molecular flexibility index (Phi) is 5.02. The SMILES string of the molecule is CC(=O)OC1COC(COC(=O)c2ccc([N+](=O)[O-])cc2)O1. The summed E-state index contributed by atoms with van der Waals surface area (Å²) in [5.74, 6) is -1.17. The topological polar surface area (TPSA) is 114 Å². The lowest BCUT2D eigenvalue weighted by atomic mass is 10.2. The lowest BCUT2D eigenvalue weighted by Gasteiger charge is -2.11. The Morgan fingerprint density at radius 3 is 2.64 bits per heavy atom. The third kappa shape index (κ3) is 4.24. The van der Waals surface area contributed by atoms with Gasteiger partial charge in [-0.1, -0.05) is 0 Å². The summed E-state index contributed by atoms with van der Waals surface area (Å²) < 4.78 is 20.1.